The molecule has 2 rings (SSSR count). The minimum atomic E-state index is -3.59. The zero-order valence-corrected chi connectivity index (χ0v) is 16.8. The fourth-order valence-corrected chi connectivity index (χ4v) is 4.97. The molecule has 0 unspecified atom stereocenters. The van der Waals surface area contributed by atoms with Crippen molar-refractivity contribution in [2.24, 2.45) is 0 Å². The first kappa shape index (κ1) is 19.2. The van der Waals surface area contributed by atoms with E-state index in [1.165, 1.54) is 4.31 Å². The molecule has 0 aromatic heterocycles. The van der Waals surface area contributed by atoms with E-state index in [0.29, 0.717) is 17.6 Å². The summed E-state index contributed by atoms with van der Waals surface area (Å²) in [6.07, 6.45) is -0.406. The van der Waals surface area contributed by atoms with E-state index in [2.05, 4.69) is 15.9 Å². The fraction of sp³-hybridized carbons (Fsp3) is 0.562. The molecule has 1 amide bonds. The normalized spacial score (nSPS) is 17.0. The first-order chi connectivity index (χ1) is 11.0. The van der Waals surface area contributed by atoms with Crippen molar-refractivity contribution in [2.75, 3.05) is 26.2 Å². The third kappa shape index (κ3) is 4.49. The van der Waals surface area contributed by atoms with Crippen molar-refractivity contribution >= 4 is 32.0 Å². The molecule has 6 nitrogen and oxygen atoms in total. The van der Waals surface area contributed by atoms with Gasteiger partial charge in [0.2, 0.25) is 10.0 Å². The van der Waals surface area contributed by atoms with Crippen LogP contribution in [0.25, 0.3) is 0 Å². The first-order valence-corrected chi connectivity index (χ1v) is 9.98. The van der Waals surface area contributed by atoms with Crippen LogP contribution in [0.4, 0.5) is 4.79 Å². The van der Waals surface area contributed by atoms with Crippen LogP contribution in [-0.4, -0.2) is 55.5 Å². The predicted molar refractivity (Wildman–Crippen MR) is 95.4 cm³/mol. The summed E-state index contributed by atoms with van der Waals surface area (Å²) < 4.78 is 32.9. The van der Waals surface area contributed by atoms with Crippen molar-refractivity contribution < 1.29 is 17.9 Å². The van der Waals surface area contributed by atoms with E-state index in [1.54, 1.807) is 43.9 Å². The molecule has 1 heterocycles. The Morgan fingerprint density at radius 1 is 1.17 bits per heavy atom. The smallest absolute Gasteiger partial charge is 0.410 e. The lowest BCUT2D eigenvalue weighted by Gasteiger charge is -2.35. The maximum Gasteiger partial charge on any atom is 0.410 e. The predicted octanol–water partition coefficient (Wildman–Crippen LogP) is 3.00. The summed E-state index contributed by atoms with van der Waals surface area (Å²) in [6, 6.07) is 5.16. The van der Waals surface area contributed by atoms with Crippen LogP contribution in [0.5, 0.6) is 0 Å². The fourth-order valence-electron chi connectivity index (χ4n) is 2.39. The highest BCUT2D eigenvalue weighted by Crippen LogP contribution is 2.27. The van der Waals surface area contributed by atoms with E-state index < -0.39 is 21.7 Å². The van der Waals surface area contributed by atoms with Crippen molar-refractivity contribution in [1.29, 1.82) is 0 Å². The number of carbonyl (C=O) groups excluding carboxylic acids is 1. The van der Waals surface area contributed by atoms with Gasteiger partial charge in [0.1, 0.15) is 5.60 Å². The Hall–Kier alpha value is -1.12. The summed E-state index contributed by atoms with van der Waals surface area (Å²) in [4.78, 5) is 13.9. The molecule has 24 heavy (non-hydrogen) atoms. The van der Waals surface area contributed by atoms with Crippen molar-refractivity contribution in [3.63, 3.8) is 0 Å². The minimum absolute atomic E-state index is 0.249. The second-order valence-corrected chi connectivity index (χ2v) is 9.57. The van der Waals surface area contributed by atoms with Gasteiger partial charge in [-0.2, -0.15) is 4.31 Å². The average Bonchev–Trinajstić information content (AvgIpc) is 2.45. The number of ether oxygens (including phenoxy) is 1. The Bertz CT molecular complexity index is 720. The van der Waals surface area contributed by atoms with Crippen LogP contribution >= 0.6 is 15.9 Å². The first-order valence-electron chi connectivity index (χ1n) is 7.75. The molecule has 0 spiro atoms. The van der Waals surface area contributed by atoms with E-state index in [1.807, 2.05) is 6.92 Å². The summed E-state index contributed by atoms with van der Waals surface area (Å²) >= 11 is 3.33. The summed E-state index contributed by atoms with van der Waals surface area (Å²) in [5.41, 5.74) is 0.420. The van der Waals surface area contributed by atoms with Crippen molar-refractivity contribution in [2.45, 2.75) is 38.2 Å². The Morgan fingerprint density at radius 3 is 2.25 bits per heavy atom. The third-order valence-corrected chi connectivity index (χ3v) is 6.47. The van der Waals surface area contributed by atoms with Gasteiger partial charge in [0.25, 0.3) is 0 Å². The lowest BCUT2D eigenvalue weighted by molar-refractivity contribution is 0.0192. The van der Waals surface area contributed by atoms with E-state index in [4.69, 9.17) is 4.74 Å². The van der Waals surface area contributed by atoms with Gasteiger partial charge in [-0.15, -0.1) is 0 Å². The van der Waals surface area contributed by atoms with Crippen molar-refractivity contribution in [3.8, 4) is 0 Å². The number of benzene rings is 1. The molecule has 0 atom stereocenters. The Labute approximate surface area is 151 Å². The van der Waals surface area contributed by atoms with E-state index in [-0.39, 0.29) is 18.0 Å². The van der Waals surface area contributed by atoms with Crippen LogP contribution in [0, 0.1) is 6.92 Å². The standard InChI is InChI=1S/C16H23BrN2O4S/c1-12-5-6-14(13(17)11-12)24(21,22)19-9-7-18(8-10-19)15(20)23-16(2,3)4/h5-6,11H,7-10H2,1-4H3. The maximum atomic E-state index is 12.8. The Morgan fingerprint density at radius 2 is 1.75 bits per heavy atom. The molecule has 0 saturated carbocycles. The van der Waals surface area contributed by atoms with E-state index in [9.17, 15) is 13.2 Å². The number of sulfonamides is 1. The molecule has 0 aliphatic carbocycles. The van der Waals surface area contributed by atoms with Gasteiger partial charge >= 0.3 is 6.09 Å². The number of nitrogens with zero attached hydrogens (tertiary/aromatic N) is 2. The highest BCUT2D eigenvalue weighted by Gasteiger charge is 2.32. The molecular formula is C16H23BrN2O4S. The lowest BCUT2D eigenvalue weighted by atomic mass is 10.2. The van der Waals surface area contributed by atoms with E-state index >= 15 is 0 Å². The minimum Gasteiger partial charge on any atom is -0.444 e. The van der Waals surface area contributed by atoms with Crippen molar-refractivity contribution in [1.82, 2.24) is 9.21 Å². The molecular weight excluding hydrogens is 396 g/mol. The number of carbonyl (C=O) groups is 1. The number of hydrogen-bond acceptors (Lipinski definition) is 4. The molecule has 1 saturated heterocycles. The summed E-state index contributed by atoms with van der Waals surface area (Å²) in [5, 5.41) is 0. The van der Waals surface area contributed by atoms with Crippen LogP contribution < -0.4 is 0 Å². The van der Waals surface area contributed by atoms with Gasteiger partial charge in [-0.1, -0.05) is 6.07 Å². The molecule has 1 aliphatic heterocycles. The number of halogens is 1. The van der Waals surface area contributed by atoms with Crippen molar-refractivity contribution in [3.05, 3.63) is 28.2 Å². The molecule has 0 N–H and O–H groups in total. The molecule has 134 valence electrons. The number of aryl methyl sites for hydroxylation is 1. The SMILES string of the molecule is Cc1ccc(S(=O)(=O)N2CCN(C(=O)OC(C)(C)C)CC2)c(Br)c1. The number of rotatable bonds is 2. The second-order valence-electron chi connectivity index (χ2n) is 6.81. The van der Waals surface area contributed by atoms with Gasteiger partial charge in [-0.05, 0) is 61.3 Å². The summed E-state index contributed by atoms with van der Waals surface area (Å²) in [7, 11) is -3.59. The maximum absolute atomic E-state index is 12.8. The number of amides is 1. The quantitative estimate of drug-likeness (QED) is 0.739. The van der Waals surface area contributed by atoms with Gasteiger partial charge in [0, 0.05) is 30.7 Å². The molecule has 0 bridgehead atoms. The second kappa shape index (κ2) is 7.01. The third-order valence-electron chi connectivity index (χ3n) is 3.60. The van der Waals surface area contributed by atoms with Crippen LogP contribution in [0.2, 0.25) is 0 Å². The van der Waals surface area contributed by atoms with Crippen LogP contribution in [0.15, 0.2) is 27.6 Å². The Balaban J connectivity index is 2.07. The average molecular weight is 419 g/mol. The molecule has 1 aliphatic rings. The topological polar surface area (TPSA) is 66.9 Å². The largest absolute Gasteiger partial charge is 0.444 e. The molecule has 1 aromatic rings. The van der Waals surface area contributed by atoms with Crippen LogP contribution in [0.1, 0.15) is 26.3 Å². The molecule has 0 radical (unpaired) electrons. The van der Waals surface area contributed by atoms with Gasteiger partial charge in [0.15, 0.2) is 0 Å². The molecule has 1 aromatic carbocycles. The Kier molecular flexibility index (Phi) is 5.61. The lowest BCUT2D eigenvalue weighted by Crippen LogP contribution is -2.51. The summed E-state index contributed by atoms with van der Waals surface area (Å²) in [5.74, 6) is 0. The van der Waals surface area contributed by atoms with Gasteiger partial charge < -0.3 is 9.64 Å². The van der Waals surface area contributed by atoms with Crippen LogP contribution in [-0.2, 0) is 14.8 Å². The van der Waals surface area contributed by atoms with Crippen LogP contribution in [0.3, 0.4) is 0 Å². The summed E-state index contributed by atoms with van der Waals surface area (Å²) in [6.45, 7) is 8.46. The van der Waals surface area contributed by atoms with Gasteiger partial charge in [0.05, 0.1) is 4.90 Å². The number of hydrogen-bond donors (Lipinski definition) is 0. The number of piperazine rings is 1. The zero-order valence-electron chi connectivity index (χ0n) is 14.4. The molecule has 8 heteroatoms. The van der Waals surface area contributed by atoms with E-state index in [0.717, 1.165) is 5.56 Å². The molecule has 1 fully saturated rings. The highest BCUT2D eigenvalue weighted by molar-refractivity contribution is 9.10. The highest BCUT2D eigenvalue weighted by atomic mass is 79.9. The van der Waals surface area contributed by atoms with Gasteiger partial charge in [-0.25, -0.2) is 13.2 Å². The van der Waals surface area contributed by atoms with Gasteiger partial charge in [-0.3, -0.25) is 0 Å². The monoisotopic (exact) mass is 418 g/mol. The zero-order chi connectivity index (χ0) is 18.1.